The van der Waals surface area contributed by atoms with Crippen LogP contribution in [0, 0.1) is 0 Å². The molecule has 3 rings (SSSR count). The Balaban J connectivity index is 1.97. The average molecular weight is 434 g/mol. The third kappa shape index (κ3) is 4.53. The van der Waals surface area contributed by atoms with Gasteiger partial charge in [0, 0.05) is 10.4 Å². The normalized spacial score (nSPS) is 12.8. The summed E-state index contributed by atoms with van der Waals surface area (Å²) < 4.78 is 17.0. The van der Waals surface area contributed by atoms with Gasteiger partial charge in [-0.05, 0) is 64.2 Å². The van der Waals surface area contributed by atoms with Crippen molar-refractivity contribution >= 4 is 28.2 Å². The number of thiophene rings is 1. The van der Waals surface area contributed by atoms with E-state index in [2.05, 4.69) is 5.32 Å². The summed E-state index contributed by atoms with van der Waals surface area (Å²) in [4.78, 5) is 25.9. The minimum atomic E-state index is -1.01. The van der Waals surface area contributed by atoms with E-state index < -0.39 is 11.9 Å². The second-order valence-corrected chi connectivity index (χ2v) is 7.88. The molecule has 162 valence electrons. The Morgan fingerprint density at radius 2 is 1.60 bits per heavy atom. The fourth-order valence-corrected chi connectivity index (χ4v) is 4.85. The fourth-order valence-electron chi connectivity index (χ4n) is 3.58. The number of amides is 1. The van der Waals surface area contributed by atoms with Crippen LogP contribution >= 0.6 is 11.3 Å². The minimum Gasteiger partial charge on any atom is -0.490 e. The number of fused-ring (bicyclic) bond motifs is 1. The van der Waals surface area contributed by atoms with Gasteiger partial charge in [0.25, 0.3) is 5.91 Å². The summed E-state index contributed by atoms with van der Waals surface area (Å²) in [5.74, 6) is -0.142. The highest BCUT2D eigenvalue weighted by Gasteiger charge is 2.27. The van der Waals surface area contributed by atoms with Crippen LogP contribution in [0.5, 0.6) is 17.2 Å². The van der Waals surface area contributed by atoms with Crippen LogP contribution in [0.15, 0.2) is 12.1 Å². The number of carbonyl (C=O) groups is 2. The predicted molar refractivity (Wildman–Crippen MR) is 116 cm³/mol. The first-order valence-corrected chi connectivity index (χ1v) is 11.1. The number of carboxylic acids is 1. The van der Waals surface area contributed by atoms with Crippen molar-refractivity contribution in [2.45, 2.75) is 46.5 Å². The number of benzene rings is 1. The first-order chi connectivity index (χ1) is 14.5. The van der Waals surface area contributed by atoms with Gasteiger partial charge in [0.05, 0.1) is 25.4 Å². The summed E-state index contributed by atoms with van der Waals surface area (Å²) in [7, 11) is 0. The van der Waals surface area contributed by atoms with Gasteiger partial charge in [-0.3, -0.25) is 4.79 Å². The molecule has 2 N–H and O–H groups in total. The summed E-state index contributed by atoms with van der Waals surface area (Å²) in [6.07, 6.45) is 3.58. The summed E-state index contributed by atoms with van der Waals surface area (Å²) in [6, 6.07) is 3.20. The molecule has 1 aliphatic carbocycles. The number of hydrogen-bond donors (Lipinski definition) is 2. The molecule has 0 aliphatic heterocycles. The molecule has 1 aliphatic rings. The van der Waals surface area contributed by atoms with E-state index >= 15 is 0 Å². The second-order valence-electron chi connectivity index (χ2n) is 6.77. The summed E-state index contributed by atoms with van der Waals surface area (Å²) >= 11 is 1.35. The van der Waals surface area contributed by atoms with Crippen molar-refractivity contribution in [1.82, 2.24) is 0 Å². The fraction of sp³-hybridized carbons (Fsp3) is 0.455. The quantitative estimate of drug-likeness (QED) is 0.591. The van der Waals surface area contributed by atoms with E-state index in [9.17, 15) is 14.7 Å². The van der Waals surface area contributed by atoms with E-state index in [4.69, 9.17) is 14.2 Å². The number of ether oxygens (including phenoxy) is 3. The number of aromatic carboxylic acids is 1. The number of anilines is 1. The van der Waals surface area contributed by atoms with Crippen molar-refractivity contribution in [2.75, 3.05) is 25.1 Å². The lowest BCUT2D eigenvalue weighted by Gasteiger charge is -2.17. The Kier molecular flexibility index (Phi) is 7.20. The zero-order valence-electron chi connectivity index (χ0n) is 17.5. The van der Waals surface area contributed by atoms with Crippen molar-refractivity contribution in [1.29, 1.82) is 0 Å². The van der Waals surface area contributed by atoms with Gasteiger partial charge in [-0.15, -0.1) is 11.3 Å². The van der Waals surface area contributed by atoms with Crippen LogP contribution in [0.4, 0.5) is 5.00 Å². The monoisotopic (exact) mass is 433 g/mol. The van der Waals surface area contributed by atoms with Gasteiger partial charge in [0.1, 0.15) is 5.00 Å². The third-order valence-electron chi connectivity index (χ3n) is 4.78. The lowest BCUT2D eigenvalue weighted by Crippen LogP contribution is -2.15. The van der Waals surface area contributed by atoms with Crippen molar-refractivity contribution in [3.63, 3.8) is 0 Å². The van der Waals surface area contributed by atoms with Crippen LogP contribution in [0.3, 0.4) is 0 Å². The molecule has 0 spiro atoms. The number of hydrogen-bond acceptors (Lipinski definition) is 6. The summed E-state index contributed by atoms with van der Waals surface area (Å²) in [6.45, 7) is 6.78. The van der Waals surface area contributed by atoms with E-state index in [1.165, 1.54) is 11.3 Å². The molecule has 0 saturated heterocycles. The Bertz CT molecular complexity index is 909. The van der Waals surface area contributed by atoms with Crippen LogP contribution in [0.25, 0.3) is 0 Å². The molecule has 0 unspecified atom stereocenters. The maximum Gasteiger partial charge on any atom is 0.339 e. The molecule has 0 atom stereocenters. The molecule has 1 aromatic heterocycles. The minimum absolute atomic E-state index is 0.212. The lowest BCUT2D eigenvalue weighted by molar-refractivity contribution is 0.0697. The zero-order chi connectivity index (χ0) is 21.7. The number of nitrogens with one attached hydrogen (secondary N) is 1. The number of aryl methyl sites for hydroxylation is 1. The number of carbonyl (C=O) groups excluding carboxylic acids is 1. The average Bonchev–Trinajstić information content (AvgIpc) is 3.08. The predicted octanol–water partition coefficient (Wildman–Crippen LogP) is 4.77. The molecule has 0 radical (unpaired) electrons. The maximum absolute atomic E-state index is 13.0. The van der Waals surface area contributed by atoms with Crippen molar-refractivity contribution in [3.05, 3.63) is 33.7 Å². The number of carboxylic acid groups (broad SMARTS) is 1. The van der Waals surface area contributed by atoms with Gasteiger partial charge in [-0.2, -0.15) is 0 Å². The largest absolute Gasteiger partial charge is 0.490 e. The van der Waals surface area contributed by atoms with Gasteiger partial charge in [-0.1, -0.05) is 0 Å². The molecule has 1 aromatic carbocycles. The Morgan fingerprint density at radius 1 is 1.00 bits per heavy atom. The molecule has 30 heavy (non-hydrogen) atoms. The van der Waals surface area contributed by atoms with Crippen LogP contribution in [-0.4, -0.2) is 36.8 Å². The first-order valence-electron chi connectivity index (χ1n) is 10.3. The lowest BCUT2D eigenvalue weighted by atomic mass is 9.95. The molecule has 0 bridgehead atoms. The Labute approximate surface area is 180 Å². The number of rotatable bonds is 9. The SMILES string of the molecule is CCOc1cc(C(=O)Nc2sc3c(c2C(=O)O)CCCC3)cc(OCC)c1OCC. The molecule has 1 heterocycles. The van der Waals surface area contributed by atoms with Crippen LogP contribution in [0.2, 0.25) is 0 Å². The highest BCUT2D eigenvalue weighted by molar-refractivity contribution is 7.17. The molecule has 7 nitrogen and oxygen atoms in total. The van der Waals surface area contributed by atoms with E-state index in [0.717, 1.165) is 36.1 Å². The van der Waals surface area contributed by atoms with Gasteiger partial charge in [0.15, 0.2) is 11.5 Å². The van der Waals surface area contributed by atoms with Gasteiger partial charge in [-0.25, -0.2) is 4.79 Å². The van der Waals surface area contributed by atoms with E-state index in [-0.39, 0.29) is 5.56 Å². The molecule has 1 amide bonds. The standard InChI is InChI=1S/C22H27NO6S/c1-4-27-15-11-13(12-16(28-5-2)19(15)29-6-3)20(24)23-21-18(22(25)26)14-9-7-8-10-17(14)30-21/h11-12H,4-10H2,1-3H3,(H,23,24)(H,25,26). The van der Waals surface area contributed by atoms with Crippen LogP contribution in [-0.2, 0) is 12.8 Å². The third-order valence-corrected chi connectivity index (χ3v) is 5.99. The van der Waals surface area contributed by atoms with Gasteiger partial charge >= 0.3 is 5.97 Å². The van der Waals surface area contributed by atoms with Crippen LogP contribution < -0.4 is 19.5 Å². The van der Waals surface area contributed by atoms with E-state index in [1.807, 2.05) is 20.8 Å². The molecule has 0 fully saturated rings. The molecular weight excluding hydrogens is 406 g/mol. The Hall–Kier alpha value is -2.74. The highest BCUT2D eigenvalue weighted by atomic mass is 32.1. The molecule has 8 heteroatoms. The van der Waals surface area contributed by atoms with E-state index in [0.29, 0.717) is 47.6 Å². The summed E-state index contributed by atoms with van der Waals surface area (Å²) in [5.41, 5.74) is 1.38. The van der Waals surface area contributed by atoms with Gasteiger partial charge < -0.3 is 24.6 Å². The Morgan fingerprint density at radius 3 is 2.17 bits per heavy atom. The topological polar surface area (TPSA) is 94.1 Å². The maximum atomic E-state index is 13.0. The van der Waals surface area contributed by atoms with E-state index in [1.54, 1.807) is 12.1 Å². The van der Waals surface area contributed by atoms with Crippen molar-refractivity contribution in [3.8, 4) is 17.2 Å². The van der Waals surface area contributed by atoms with Gasteiger partial charge in [0.2, 0.25) is 5.75 Å². The smallest absolute Gasteiger partial charge is 0.339 e. The summed E-state index contributed by atoms with van der Waals surface area (Å²) in [5, 5.41) is 12.9. The molecular formula is C22H27NO6S. The first kappa shape index (κ1) is 22.0. The van der Waals surface area contributed by atoms with Crippen molar-refractivity contribution in [2.24, 2.45) is 0 Å². The second kappa shape index (κ2) is 9.84. The zero-order valence-corrected chi connectivity index (χ0v) is 18.3. The van der Waals surface area contributed by atoms with Crippen molar-refractivity contribution < 1.29 is 28.9 Å². The molecule has 0 saturated carbocycles. The highest BCUT2D eigenvalue weighted by Crippen LogP contribution is 2.41. The molecule has 2 aromatic rings. The van der Waals surface area contributed by atoms with Crippen LogP contribution in [0.1, 0.15) is 64.8 Å².